The van der Waals surface area contributed by atoms with Crippen molar-refractivity contribution in [1.82, 2.24) is 9.62 Å². The molecule has 0 aromatic heterocycles. The second-order valence-corrected chi connectivity index (χ2v) is 17.7. The Bertz CT molecular complexity index is 1520. The van der Waals surface area contributed by atoms with E-state index in [1.54, 1.807) is 13.2 Å². The number of fused-ring (bicyclic) bond motifs is 2. The second kappa shape index (κ2) is 18.4. The third-order valence-electron chi connectivity index (χ3n) is 12.2. The quantitative estimate of drug-likeness (QED) is 0.287. The van der Waals surface area contributed by atoms with Crippen molar-refractivity contribution in [2.24, 2.45) is 23.7 Å². The molecule has 0 radical (unpaired) electrons. The van der Waals surface area contributed by atoms with E-state index in [2.05, 4.69) is 54.6 Å². The molecule has 11 heteroatoms. The molecule has 1 saturated carbocycles. The molecule has 1 amide bonds. The summed E-state index contributed by atoms with van der Waals surface area (Å²) in [5, 5.41) is 0.537. The number of amides is 1. The Kier molecular flexibility index (Phi) is 14.0. The Hall–Kier alpha value is -2.21. The first-order chi connectivity index (χ1) is 25.2. The monoisotopic (exact) mass is 757 g/mol. The molecular formula is C41H60ClN3O6S. The largest absolute Gasteiger partial charge is 0.491 e. The molecule has 2 aromatic carbocycles. The Morgan fingerprint density at radius 2 is 1.83 bits per heavy atom. The number of likely N-dealkylation sites (N-methyl/N-ethyl adjacent to an activating group) is 1. The van der Waals surface area contributed by atoms with Gasteiger partial charge < -0.3 is 28.7 Å². The lowest BCUT2D eigenvalue weighted by Crippen LogP contribution is -2.51. The summed E-state index contributed by atoms with van der Waals surface area (Å²) in [4.78, 5) is 18.4. The summed E-state index contributed by atoms with van der Waals surface area (Å²) in [7, 11) is 4.25. The fourth-order valence-electron chi connectivity index (χ4n) is 8.75. The highest BCUT2D eigenvalue weighted by Gasteiger charge is 2.44. The zero-order valence-corrected chi connectivity index (χ0v) is 33.4. The highest BCUT2D eigenvalue weighted by Crippen LogP contribution is 2.47. The molecule has 6 rings (SSSR count). The van der Waals surface area contributed by atoms with Gasteiger partial charge in [0.1, 0.15) is 16.7 Å². The van der Waals surface area contributed by atoms with Gasteiger partial charge in [0.15, 0.2) is 6.29 Å². The van der Waals surface area contributed by atoms with Gasteiger partial charge in [0, 0.05) is 49.2 Å². The zero-order chi connectivity index (χ0) is 36.8. The number of methoxy groups -OCH3 is 1. The third-order valence-corrected chi connectivity index (χ3v) is 14.0. The van der Waals surface area contributed by atoms with Crippen LogP contribution in [0.15, 0.2) is 36.4 Å². The number of halogens is 1. The van der Waals surface area contributed by atoms with Gasteiger partial charge in [0.2, 0.25) is 0 Å². The molecule has 1 N–H and O–H groups in total. The minimum absolute atomic E-state index is 0.122. The zero-order valence-electron chi connectivity index (χ0n) is 31.8. The summed E-state index contributed by atoms with van der Waals surface area (Å²) >= 11 is 6.53. The summed E-state index contributed by atoms with van der Waals surface area (Å²) in [6.07, 6.45) is 8.72. The fourth-order valence-corrected chi connectivity index (χ4v) is 10.3. The predicted octanol–water partition coefficient (Wildman–Crippen LogP) is 7.23. The highest BCUT2D eigenvalue weighted by molar-refractivity contribution is 7.84. The molecule has 1 saturated heterocycles. The van der Waals surface area contributed by atoms with Gasteiger partial charge in [-0.1, -0.05) is 44.4 Å². The maximum atomic E-state index is 13.8. The summed E-state index contributed by atoms with van der Waals surface area (Å²) in [6.45, 7) is 8.35. The summed E-state index contributed by atoms with van der Waals surface area (Å²) in [5.74, 6) is 1.88. The Morgan fingerprint density at radius 3 is 2.54 bits per heavy atom. The van der Waals surface area contributed by atoms with Crippen LogP contribution in [0, 0.1) is 23.7 Å². The van der Waals surface area contributed by atoms with Crippen LogP contribution in [0.1, 0.15) is 92.6 Å². The molecular weight excluding hydrogens is 698 g/mol. The van der Waals surface area contributed by atoms with Gasteiger partial charge in [-0.25, -0.2) is 4.21 Å². The molecule has 1 aliphatic carbocycles. The summed E-state index contributed by atoms with van der Waals surface area (Å²) in [6, 6.07) is 12.2. The van der Waals surface area contributed by atoms with Gasteiger partial charge in [0.05, 0.1) is 36.8 Å². The van der Waals surface area contributed by atoms with Crippen LogP contribution in [-0.4, -0.2) is 93.3 Å². The third kappa shape index (κ3) is 9.35. The topological polar surface area (TPSA) is 89.6 Å². The number of hydrogen-bond donors (Lipinski definition) is 1. The molecule has 2 aromatic rings. The molecule has 3 aliphatic heterocycles. The molecule has 7 atom stereocenters. The smallest absolute Gasteiger partial charge is 0.263 e. The average molecular weight is 758 g/mol. The van der Waals surface area contributed by atoms with Gasteiger partial charge in [-0.2, -0.15) is 0 Å². The molecule has 0 spiro atoms. The summed E-state index contributed by atoms with van der Waals surface area (Å²) in [5.41, 5.74) is 3.97. The minimum atomic E-state index is -1.58. The van der Waals surface area contributed by atoms with Crippen molar-refractivity contribution in [3.63, 3.8) is 0 Å². The lowest BCUT2D eigenvalue weighted by atomic mass is 9.65. The molecule has 2 bridgehead atoms. The lowest BCUT2D eigenvalue weighted by Gasteiger charge is -2.48. The van der Waals surface area contributed by atoms with Crippen LogP contribution in [0.2, 0.25) is 5.02 Å². The highest BCUT2D eigenvalue weighted by atomic mass is 35.5. The SMILES string of the molecule is CCCCc1cc(Cl)ccc1C1COc2ccc3cc2N(C1)CC1CCC1[C@H](C1OCC(N(C)C)CO1)CCCC(C)C(CCOC)S(=O)NC3=O. The number of aryl methyl sites for hydroxylation is 1. The van der Waals surface area contributed by atoms with E-state index in [0.29, 0.717) is 50.2 Å². The number of anilines is 1. The summed E-state index contributed by atoms with van der Waals surface area (Å²) < 4.78 is 41.8. The van der Waals surface area contributed by atoms with Crippen molar-refractivity contribution in [3.05, 3.63) is 58.1 Å². The van der Waals surface area contributed by atoms with Crippen molar-refractivity contribution in [3.8, 4) is 5.75 Å². The normalized spacial score (nSPS) is 31.6. The molecule has 4 aliphatic rings. The van der Waals surface area contributed by atoms with Crippen LogP contribution < -0.4 is 14.4 Å². The van der Waals surface area contributed by atoms with Crippen LogP contribution >= 0.6 is 11.6 Å². The van der Waals surface area contributed by atoms with Crippen molar-refractivity contribution < 1.29 is 28.0 Å². The number of nitrogens with zero attached hydrogens (tertiary/aromatic N) is 2. The molecule has 6 unspecified atom stereocenters. The number of nitrogens with one attached hydrogen (secondary N) is 1. The van der Waals surface area contributed by atoms with Crippen LogP contribution in [0.5, 0.6) is 5.75 Å². The Labute approximate surface area is 319 Å². The number of rotatable bonds is 9. The molecule has 288 valence electrons. The van der Waals surface area contributed by atoms with Gasteiger partial charge in [-0.05, 0) is 118 Å². The van der Waals surface area contributed by atoms with Crippen molar-refractivity contribution in [1.29, 1.82) is 0 Å². The number of carbonyl (C=O) groups excluding carboxylic acids is 1. The van der Waals surface area contributed by atoms with E-state index in [1.165, 1.54) is 11.1 Å². The van der Waals surface area contributed by atoms with E-state index in [1.807, 2.05) is 18.2 Å². The van der Waals surface area contributed by atoms with Crippen molar-refractivity contribution in [2.45, 2.75) is 95.1 Å². The van der Waals surface area contributed by atoms with Gasteiger partial charge in [0.25, 0.3) is 5.91 Å². The van der Waals surface area contributed by atoms with Gasteiger partial charge in [-0.15, -0.1) is 0 Å². The van der Waals surface area contributed by atoms with Crippen LogP contribution in [0.3, 0.4) is 0 Å². The maximum absolute atomic E-state index is 13.8. The van der Waals surface area contributed by atoms with Crippen LogP contribution in [0.25, 0.3) is 0 Å². The van der Waals surface area contributed by atoms with E-state index in [0.717, 1.165) is 80.9 Å². The van der Waals surface area contributed by atoms with Crippen LogP contribution in [-0.2, 0) is 31.6 Å². The first kappa shape index (κ1) is 39.5. The van der Waals surface area contributed by atoms with E-state index in [-0.39, 0.29) is 41.2 Å². The van der Waals surface area contributed by atoms with E-state index >= 15 is 0 Å². The minimum Gasteiger partial charge on any atom is -0.491 e. The first-order valence-electron chi connectivity index (χ1n) is 19.6. The van der Waals surface area contributed by atoms with Gasteiger partial charge in [-0.3, -0.25) is 9.52 Å². The fraction of sp³-hybridized carbons (Fsp3) is 0.683. The average Bonchev–Trinajstić information content (AvgIpc) is 3.30. The van der Waals surface area contributed by atoms with E-state index < -0.39 is 11.0 Å². The Balaban J connectivity index is 1.35. The number of ether oxygens (including phenoxy) is 4. The van der Waals surface area contributed by atoms with Gasteiger partial charge >= 0.3 is 0 Å². The number of hydrogen-bond acceptors (Lipinski definition) is 8. The number of unbranched alkanes of at least 4 members (excludes halogenated alkanes) is 1. The molecule has 3 heterocycles. The number of benzene rings is 2. The van der Waals surface area contributed by atoms with Crippen molar-refractivity contribution >= 4 is 34.2 Å². The van der Waals surface area contributed by atoms with Crippen LogP contribution in [0.4, 0.5) is 5.69 Å². The molecule has 9 nitrogen and oxygen atoms in total. The number of carbonyl (C=O) groups is 1. The first-order valence-corrected chi connectivity index (χ1v) is 21.2. The standard InChI is InChI=1S/C41H60ClN3O6S/c1-6-7-10-28-20-32(42)14-16-34(28)31-23-45-22-30-12-15-35(30)36(41-50-25-33(26-51-41)44(3)4)11-8-9-27(2)39(18-19-48-5)52(47)43-40(46)29-13-17-38(49-24-31)37(45)21-29/h13-14,16-17,20-21,27,30-31,33,35-36,39,41H,6-12,15,18-19,22-26H2,1-5H3,(H,43,46)/t27?,30?,31?,33?,35?,36-,39?,41?,52?/m1/s1. The molecule has 52 heavy (non-hydrogen) atoms. The molecule has 2 fully saturated rings. The maximum Gasteiger partial charge on any atom is 0.263 e. The Morgan fingerprint density at radius 1 is 1.02 bits per heavy atom. The van der Waals surface area contributed by atoms with E-state index in [9.17, 15) is 9.00 Å². The lowest BCUT2D eigenvalue weighted by molar-refractivity contribution is -0.240. The van der Waals surface area contributed by atoms with E-state index in [4.69, 9.17) is 30.5 Å². The second-order valence-electron chi connectivity index (χ2n) is 15.8. The van der Waals surface area contributed by atoms with Crippen molar-refractivity contribution in [2.75, 3.05) is 65.6 Å². The predicted molar refractivity (Wildman–Crippen MR) is 209 cm³/mol.